The molecule has 2 aliphatic heterocycles. The first-order valence-electron chi connectivity index (χ1n) is 10.8. The van der Waals surface area contributed by atoms with Crippen LogP contribution in [0, 0.1) is 0 Å². The molecular weight excluding hydrogens is 408 g/mol. The number of ether oxygens (including phenoxy) is 3. The molecule has 7 heteroatoms. The summed E-state index contributed by atoms with van der Waals surface area (Å²) >= 11 is 0. The second kappa shape index (κ2) is 9.34. The molecule has 32 heavy (non-hydrogen) atoms. The minimum Gasteiger partial charge on any atom is -0.490 e. The summed E-state index contributed by atoms with van der Waals surface area (Å²) in [7, 11) is 1.63. The maximum Gasteiger partial charge on any atom is 0.258 e. The highest BCUT2D eigenvalue weighted by Gasteiger charge is 2.28. The van der Waals surface area contributed by atoms with Gasteiger partial charge in [-0.25, -0.2) is 0 Å². The van der Waals surface area contributed by atoms with E-state index >= 15 is 0 Å². The molecule has 0 aromatic heterocycles. The van der Waals surface area contributed by atoms with Gasteiger partial charge in [-0.3, -0.25) is 9.59 Å². The number of hydrogen-bond donors (Lipinski definition) is 1. The van der Waals surface area contributed by atoms with Gasteiger partial charge in [-0.2, -0.15) is 0 Å². The van der Waals surface area contributed by atoms with Crippen molar-refractivity contribution in [2.24, 2.45) is 0 Å². The van der Waals surface area contributed by atoms with Gasteiger partial charge in [0.15, 0.2) is 11.5 Å². The van der Waals surface area contributed by atoms with Crippen molar-refractivity contribution in [3.05, 3.63) is 65.7 Å². The molecule has 0 fully saturated rings. The number of hydrogen-bond acceptors (Lipinski definition) is 5. The van der Waals surface area contributed by atoms with Crippen molar-refractivity contribution in [1.82, 2.24) is 10.2 Å². The number of rotatable bonds is 1. The largest absolute Gasteiger partial charge is 0.490 e. The zero-order valence-corrected chi connectivity index (χ0v) is 18.5. The third kappa shape index (κ3) is 4.56. The first kappa shape index (κ1) is 21.7. The number of nitrogens with zero attached hydrogens (tertiary/aromatic N) is 1. The van der Waals surface area contributed by atoms with Gasteiger partial charge in [0.2, 0.25) is 12.7 Å². The maximum atomic E-state index is 13.2. The van der Waals surface area contributed by atoms with Gasteiger partial charge in [-0.05, 0) is 50.1 Å². The van der Waals surface area contributed by atoms with Gasteiger partial charge in [-0.15, -0.1) is 0 Å². The van der Waals surface area contributed by atoms with Crippen LogP contribution >= 0.6 is 0 Å². The summed E-state index contributed by atoms with van der Waals surface area (Å²) in [5.41, 5.74) is 1.35. The Morgan fingerprint density at radius 1 is 0.938 bits per heavy atom. The number of para-hydroxylation sites is 1. The Bertz CT molecular complexity index is 1030. The average molecular weight is 437 g/mol. The van der Waals surface area contributed by atoms with Gasteiger partial charge in [0.1, 0.15) is 11.8 Å². The van der Waals surface area contributed by atoms with Crippen LogP contribution in [0.25, 0.3) is 0 Å². The number of carbonyl (C=O) groups is 2. The van der Waals surface area contributed by atoms with E-state index in [1.807, 2.05) is 43.3 Å². The van der Waals surface area contributed by atoms with Crippen LogP contribution in [0.5, 0.6) is 17.2 Å². The Morgan fingerprint density at radius 3 is 2.53 bits per heavy atom. The minimum absolute atomic E-state index is 0.107. The zero-order chi connectivity index (χ0) is 22.7. The van der Waals surface area contributed by atoms with Crippen molar-refractivity contribution in [2.45, 2.75) is 44.9 Å². The lowest BCUT2D eigenvalue weighted by Gasteiger charge is -2.28. The highest BCUT2D eigenvalue weighted by atomic mass is 16.7. The molecule has 4 rings (SSSR count). The van der Waals surface area contributed by atoms with Crippen LogP contribution in [0.3, 0.4) is 0 Å². The highest BCUT2D eigenvalue weighted by Crippen LogP contribution is 2.35. The fraction of sp³-hybridized carbons (Fsp3) is 0.360. The van der Waals surface area contributed by atoms with E-state index in [-0.39, 0.29) is 30.8 Å². The van der Waals surface area contributed by atoms with E-state index in [4.69, 9.17) is 14.2 Å². The van der Waals surface area contributed by atoms with E-state index in [2.05, 4.69) is 5.32 Å². The standard InChI is InChI=1S/C25H28N2O5/c1-16-8-4-6-10-20(18-12-13-22-23(14-18)31-15-30-22)26-24(28)17(2)27(3)25(29)19-9-5-7-11-21(19)32-16/h4-7,9,11-14,16-17,20H,8,10,15H2,1-3H3,(H,26,28)/b6-4-/t16-,17-,20-/m0/s1. The van der Waals surface area contributed by atoms with E-state index in [9.17, 15) is 9.59 Å². The molecule has 2 heterocycles. The number of amides is 2. The van der Waals surface area contributed by atoms with Gasteiger partial charge in [0, 0.05) is 13.5 Å². The smallest absolute Gasteiger partial charge is 0.258 e. The lowest BCUT2D eigenvalue weighted by Crippen LogP contribution is -2.47. The molecule has 2 aromatic rings. The van der Waals surface area contributed by atoms with Crippen molar-refractivity contribution in [2.75, 3.05) is 13.8 Å². The summed E-state index contributed by atoms with van der Waals surface area (Å²) in [6.45, 7) is 3.89. The molecule has 0 unspecified atom stereocenters. The molecule has 3 atom stereocenters. The molecule has 168 valence electrons. The van der Waals surface area contributed by atoms with Gasteiger partial charge in [0.05, 0.1) is 17.7 Å². The Morgan fingerprint density at radius 2 is 1.69 bits per heavy atom. The summed E-state index contributed by atoms with van der Waals surface area (Å²) in [6, 6.07) is 11.9. The van der Waals surface area contributed by atoms with E-state index in [0.29, 0.717) is 35.7 Å². The minimum atomic E-state index is -0.670. The van der Waals surface area contributed by atoms with E-state index in [1.54, 1.807) is 32.2 Å². The van der Waals surface area contributed by atoms with Crippen LogP contribution in [0.2, 0.25) is 0 Å². The van der Waals surface area contributed by atoms with Gasteiger partial charge in [0.25, 0.3) is 5.91 Å². The Balaban J connectivity index is 1.64. The number of carbonyl (C=O) groups excluding carboxylic acids is 2. The second-order valence-corrected chi connectivity index (χ2v) is 8.13. The molecule has 0 bridgehead atoms. The monoisotopic (exact) mass is 436 g/mol. The number of likely N-dealkylation sites (N-methyl/N-ethyl adjacent to an activating group) is 1. The summed E-state index contributed by atoms with van der Waals surface area (Å²) in [4.78, 5) is 27.7. The van der Waals surface area contributed by atoms with Crippen LogP contribution in [0.15, 0.2) is 54.6 Å². The molecule has 0 saturated carbocycles. The number of fused-ring (bicyclic) bond motifs is 2. The zero-order valence-electron chi connectivity index (χ0n) is 18.5. The Labute approximate surface area is 188 Å². The molecule has 0 aliphatic carbocycles. The van der Waals surface area contributed by atoms with Crippen LogP contribution in [-0.2, 0) is 4.79 Å². The lowest BCUT2D eigenvalue weighted by atomic mass is 10.0. The van der Waals surface area contributed by atoms with Gasteiger partial charge < -0.3 is 24.4 Å². The SMILES string of the molecule is C[C@H]1C/C=C\C[C@@H](c2ccc3c(c2)OCO3)NC(=O)[C@H](C)N(C)C(=O)c2ccccc2O1. The quantitative estimate of drug-likeness (QED) is 0.687. The molecule has 2 amide bonds. The van der Waals surface area contributed by atoms with E-state index in [0.717, 1.165) is 5.56 Å². The summed E-state index contributed by atoms with van der Waals surface area (Å²) in [5, 5.41) is 3.10. The average Bonchev–Trinajstić information content (AvgIpc) is 3.27. The van der Waals surface area contributed by atoms with E-state index in [1.165, 1.54) is 4.90 Å². The molecule has 0 radical (unpaired) electrons. The molecule has 0 spiro atoms. The maximum absolute atomic E-state index is 13.2. The highest BCUT2D eigenvalue weighted by molar-refractivity contribution is 5.99. The lowest BCUT2D eigenvalue weighted by molar-refractivity contribution is -0.125. The van der Waals surface area contributed by atoms with Gasteiger partial charge in [-0.1, -0.05) is 30.4 Å². The first-order valence-corrected chi connectivity index (χ1v) is 10.8. The molecule has 0 saturated heterocycles. The fourth-order valence-corrected chi connectivity index (χ4v) is 3.77. The molecular formula is C25H28N2O5. The van der Waals surface area contributed by atoms with Crippen molar-refractivity contribution < 1.29 is 23.8 Å². The van der Waals surface area contributed by atoms with Crippen LogP contribution in [0.1, 0.15) is 48.7 Å². The third-order valence-corrected chi connectivity index (χ3v) is 5.85. The third-order valence-electron chi connectivity index (χ3n) is 5.85. The van der Waals surface area contributed by atoms with Crippen LogP contribution < -0.4 is 19.5 Å². The topological polar surface area (TPSA) is 77.1 Å². The molecule has 2 aliphatic rings. The van der Waals surface area contributed by atoms with Gasteiger partial charge >= 0.3 is 0 Å². The Hall–Kier alpha value is -3.48. The van der Waals surface area contributed by atoms with E-state index < -0.39 is 6.04 Å². The van der Waals surface area contributed by atoms with Crippen molar-refractivity contribution in [3.8, 4) is 17.2 Å². The second-order valence-electron chi connectivity index (χ2n) is 8.13. The number of benzene rings is 2. The summed E-state index contributed by atoms with van der Waals surface area (Å²) < 4.78 is 17.0. The summed E-state index contributed by atoms with van der Waals surface area (Å²) in [5.74, 6) is 1.38. The van der Waals surface area contributed by atoms with Crippen molar-refractivity contribution in [3.63, 3.8) is 0 Å². The van der Waals surface area contributed by atoms with Crippen molar-refractivity contribution in [1.29, 1.82) is 0 Å². The normalized spacial score (nSPS) is 24.7. The fourth-order valence-electron chi connectivity index (χ4n) is 3.77. The Kier molecular flexibility index (Phi) is 6.35. The van der Waals surface area contributed by atoms with Crippen molar-refractivity contribution >= 4 is 11.8 Å². The number of nitrogens with one attached hydrogen (secondary N) is 1. The first-order chi connectivity index (χ1) is 15.4. The predicted octanol–water partition coefficient (Wildman–Crippen LogP) is 3.85. The van der Waals surface area contributed by atoms with Crippen LogP contribution in [0.4, 0.5) is 0 Å². The predicted molar refractivity (Wildman–Crippen MR) is 120 cm³/mol. The van der Waals surface area contributed by atoms with Crippen LogP contribution in [-0.4, -0.2) is 42.7 Å². The molecule has 7 nitrogen and oxygen atoms in total. The summed E-state index contributed by atoms with van der Waals surface area (Å²) in [6.07, 6.45) is 5.26. The molecule has 2 aromatic carbocycles. The molecule has 1 N–H and O–H groups in total.